The predicted molar refractivity (Wildman–Crippen MR) is 112 cm³/mol. The minimum absolute atomic E-state index is 0.169. The second kappa shape index (κ2) is 8.39. The van der Waals surface area contributed by atoms with Crippen molar-refractivity contribution in [3.63, 3.8) is 0 Å². The number of halogens is 1. The third-order valence-corrected chi connectivity index (χ3v) is 4.86. The molecule has 158 valence electrons. The van der Waals surface area contributed by atoms with E-state index in [4.69, 9.17) is 9.47 Å². The highest BCUT2D eigenvalue weighted by atomic mass is 19.1. The third kappa shape index (κ3) is 4.02. The summed E-state index contributed by atoms with van der Waals surface area (Å²) in [6, 6.07) is 15.1. The fraction of sp³-hybridized carbons (Fsp3) is 0.182. The van der Waals surface area contributed by atoms with Crippen LogP contribution in [-0.2, 0) is 13.7 Å². The molecule has 2 heterocycles. The van der Waals surface area contributed by atoms with Crippen LogP contribution < -0.4 is 15.2 Å². The summed E-state index contributed by atoms with van der Waals surface area (Å²) < 4.78 is 27.1. The topological polar surface area (TPSA) is 84.1 Å². The van der Waals surface area contributed by atoms with Crippen molar-refractivity contribution in [3.8, 4) is 28.6 Å². The molecular weight excluding hydrogens is 401 g/mol. The Hall–Kier alpha value is -4.01. The molecule has 0 bridgehead atoms. The molecule has 0 unspecified atom stereocenters. The number of tetrazole rings is 1. The van der Waals surface area contributed by atoms with Crippen LogP contribution in [0.4, 0.5) is 4.39 Å². The van der Waals surface area contributed by atoms with E-state index >= 15 is 0 Å². The first-order chi connectivity index (χ1) is 15.0. The highest BCUT2D eigenvalue weighted by Gasteiger charge is 2.14. The second-order valence-corrected chi connectivity index (χ2v) is 6.86. The fourth-order valence-electron chi connectivity index (χ4n) is 3.21. The van der Waals surface area contributed by atoms with E-state index in [9.17, 15) is 9.18 Å². The Balaban J connectivity index is 1.64. The molecule has 0 N–H and O–H groups in total. The van der Waals surface area contributed by atoms with Gasteiger partial charge in [0, 0.05) is 30.3 Å². The number of nitrogens with zero attached hydrogens (tertiary/aromatic N) is 5. The normalized spacial score (nSPS) is 10.8. The zero-order valence-electron chi connectivity index (χ0n) is 17.2. The molecule has 8 nitrogen and oxygen atoms in total. The Morgan fingerprint density at radius 1 is 1.06 bits per heavy atom. The SMILES string of the molecule is COc1cc(F)ccc1-c1cccc(OCc2c(C)cccc2-n2nnn(C)c2=O)n1. The molecule has 2 aromatic heterocycles. The highest BCUT2D eigenvalue weighted by molar-refractivity contribution is 5.67. The van der Waals surface area contributed by atoms with E-state index in [0.29, 0.717) is 28.6 Å². The van der Waals surface area contributed by atoms with Gasteiger partial charge in [0.25, 0.3) is 0 Å². The van der Waals surface area contributed by atoms with E-state index in [2.05, 4.69) is 15.4 Å². The first kappa shape index (κ1) is 20.3. The molecule has 0 atom stereocenters. The first-order valence-electron chi connectivity index (χ1n) is 9.49. The van der Waals surface area contributed by atoms with E-state index < -0.39 is 0 Å². The molecule has 0 radical (unpaired) electrons. The number of methoxy groups -OCH3 is 1. The molecule has 9 heteroatoms. The lowest BCUT2D eigenvalue weighted by Crippen LogP contribution is -2.23. The van der Waals surface area contributed by atoms with Crippen molar-refractivity contribution >= 4 is 0 Å². The van der Waals surface area contributed by atoms with Gasteiger partial charge in [-0.2, -0.15) is 9.36 Å². The zero-order chi connectivity index (χ0) is 22.0. The van der Waals surface area contributed by atoms with Gasteiger partial charge in [0.2, 0.25) is 5.88 Å². The summed E-state index contributed by atoms with van der Waals surface area (Å²) in [5.74, 6) is 0.372. The molecule has 0 saturated carbocycles. The van der Waals surface area contributed by atoms with Crippen LogP contribution in [-0.4, -0.2) is 31.9 Å². The van der Waals surface area contributed by atoms with Gasteiger partial charge < -0.3 is 9.47 Å². The summed E-state index contributed by atoms with van der Waals surface area (Å²) in [5.41, 5.74) is 3.20. The van der Waals surface area contributed by atoms with Crippen LogP contribution in [0.2, 0.25) is 0 Å². The van der Waals surface area contributed by atoms with Crippen molar-refractivity contribution in [1.82, 2.24) is 24.8 Å². The summed E-state index contributed by atoms with van der Waals surface area (Å²) >= 11 is 0. The van der Waals surface area contributed by atoms with Crippen molar-refractivity contribution < 1.29 is 13.9 Å². The Morgan fingerprint density at radius 3 is 2.61 bits per heavy atom. The number of ether oxygens (including phenoxy) is 2. The van der Waals surface area contributed by atoms with Crippen LogP contribution in [0.1, 0.15) is 11.1 Å². The minimum atomic E-state index is -0.389. The van der Waals surface area contributed by atoms with Crippen molar-refractivity contribution in [2.24, 2.45) is 7.05 Å². The maximum absolute atomic E-state index is 13.5. The van der Waals surface area contributed by atoms with Crippen LogP contribution in [0.3, 0.4) is 0 Å². The molecule has 0 aliphatic heterocycles. The smallest absolute Gasteiger partial charge is 0.368 e. The van der Waals surface area contributed by atoms with E-state index in [-0.39, 0.29) is 18.1 Å². The Kier molecular flexibility index (Phi) is 5.48. The second-order valence-electron chi connectivity index (χ2n) is 6.86. The Bertz CT molecular complexity index is 1300. The van der Waals surface area contributed by atoms with Gasteiger partial charge in [0.05, 0.1) is 18.5 Å². The van der Waals surface area contributed by atoms with Gasteiger partial charge in [-0.05, 0) is 47.2 Å². The van der Waals surface area contributed by atoms with Gasteiger partial charge in [0.1, 0.15) is 18.2 Å². The van der Waals surface area contributed by atoms with Crippen LogP contribution in [0.25, 0.3) is 16.9 Å². The average molecular weight is 421 g/mol. The van der Waals surface area contributed by atoms with Crippen LogP contribution in [0.5, 0.6) is 11.6 Å². The van der Waals surface area contributed by atoms with E-state index in [1.165, 1.54) is 31.0 Å². The molecule has 2 aromatic carbocycles. The van der Waals surface area contributed by atoms with Crippen molar-refractivity contribution in [3.05, 3.63) is 82.0 Å². The molecule has 0 amide bonds. The number of hydrogen-bond acceptors (Lipinski definition) is 6. The highest BCUT2D eigenvalue weighted by Crippen LogP contribution is 2.30. The summed E-state index contributed by atoms with van der Waals surface area (Å²) in [6.07, 6.45) is 0. The Labute approximate surface area is 177 Å². The number of hydrogen-bond donors (Lipinski definition) is 0. The van der Waals surface area contributed by atoms with E-state index in [1.807, 2.05) is 19.1 Å². The Morgan fingerprint density at radius 2 is 1.87 bits per heavy atom. The van der Waals surface area contributed by atoms with Gasteiger partial charge in [-0.25, -0.2) is 14.2 Å². The number of rotatable bonds is 6. The van der Waals surface area contributed by atoms with Gasteiger partial charge in [-0.3, -0.25) is 0 Å². The third-order valence-electron chi connectivity index (χ3n) is 4.86. The van der Waals surface area contributed by atoms with Crippen LogP contribution in [0.15, 0.2) is 59.4 Å². The standard InChI is InChI=1S/C22H20FN5O3/c1-14-6-4-8-19(28-22(29)27(2)25-26-28)17(14)13-31-21-9-5-7-18(24-21)16-11-10-15(23)12-20(16)30-3/h4-12H,13H2,1-3H3. The van der Waals surface area contributed by atoms with Crippen LogP contribution in [0, 0.1) is 12.7 Å². The van der Waals surface area contributed by atoms with Gasteiger partial charge in [-0.1, -0.05) is 18.2 Å². The van der Waals surface area contributed by atoms with Crippen molar-refractivity contribution in [1.29, 1.82) is 0 Å². The number of aryl methyl sites for hydroxylation is 2. The van der Waals surface area contributed by atoms with Crippen molar-refractivity contribution in [2.45, 2.75) is 13.5 Å². The molecule has 0 fully saturated rings. The van der Waals surface area contributed by atoms with E-state index in [0.717, 1.165) is 15.8 Å². The average Bonchev–Trinajstić information content (AvgIpc) is 3.11. The van der Waals surface area contributed by atoms with Gasteiger partial charge in [-0.15, -0.1) is 0 Å². The summed E-state index contributed by atoms with van der Waals surface area (Å²) in [5, 5.41) is 7.70. The van der Waals surface area contributed by atoms with Crippen molar-refractivity contribution in [2.75, 3.05) is 7.11 Å². The monoisotopic (exact) mass is 421 g/mol. The summed E-state index contributed by atoms with van der Waals surface area (Å²) in [6.45, 7) is 2.10. The number of pyridine rings is 1. The minimum Gasteiger partial charge on any atom is -0.496 e. The lowest BCUT2D eigenvalue weighted by Gasteiger charge is -2.13. The molecule has 4 rings (SSSR count). The van der Waals surface area contributed by atoms with Gasteiger partial charge in [0.15, 0.2) is 0 Å². The lowest BCUT2D eigenvalue weighted by molar-refractivity contribution is 0.293. The summed E-state index contributed by atoms with van der Waals surface area (Å²) in [4.78, 5) is 16.8. The van der Waals surface area contributed by atoms with Gasteiger partial charge >= 0.3 is 5.69 Å². The van der Waals surface area contributed by atoms with Crippen LogP contribution >= 0.6 is 0 Å². The molecule has 0 saturated heterocycles. The summed E-state index contributed by atoms with van der Waals surface area (Å²) in [7, 11) is 3.02. The maximum atomic E-state index is 13.5. The molecule has 0 spiro atoms. The number of aromatic nitrogens is 5. The lowest BCUT2D eigenvalue weighted by atomic mass is 10.1. The fourth-order valence-corrected chi connectivity index (χ4v) is 3.21. The predicted octanol–water partition coefficient (Wildman–Crippen LogP) is 3.06. The number of benzene rings is 2. The quantitative estimate of drug-likeness (QED) is 0.476. The van der Waals surface area contributed by atoms with E-state index in [1.54, 1.807) is 30.3 Å². The molecule has 0 aliphatic rings. The molecule has 4 aromatic rings. The molecular formula is C22H20FN5O3. The molecule has 31 heavy (non-hydrogen) atoms. The maximum Gasteiger partial charge on any atom is 0.368 e. The first-order valence-corrected chi connectivity index (χ1v) is 9.49. The molecule has 0 aliphatic carbocycles. The largest absolute Gasteiger partial charge is 0.496 e. The zero-order valence-corrected chi connectivity index (χ0v) is 17.2.